The molecular formula is C11H14Cl2N2O2S. The predicted octanol–water partition coefficient (Wildman–Crippen LogP) is 2.02. The molecule has 0 amide bonds. The molecule has 1 aromatic rings. The average Bonchev–Trinajstić information content (AvgIpc) is 2.28. The first-order valence-corrected chi connectivity index (χ1v) is 7.91. The predicted molar refractivity (Wildman–Crippen MR) is 72.7 cm³/mol. The standard InChI is InChI=1S/C11H14Cl2N2O2S/c12-9-4-1-5-10(13)11(9)18(16,17)15-8-3-2-6-14-7-8/h1,4-5,8,14-15H,2-3,6-7H2/t8-/m1/s1. The summed E-state index contributed by atoms with van der Waals surface area (Å²) in [4.78, 5) is -0.0427. The van der Waals surface area contributed by atoms with E-state index in [0.717, 1.165) is 19.4 Å². The maximum Gasteiger partial charge on any atom is 0.243 e. The van der Waals surface area contributed by atoms with E-state index in [1.807, 2.05) is 0 Å². The molecule has 4 nitrogen and oxygen atoms in total. The largest absolute Gasteiger partial charge is 0.315 e. The minimum Gasteiger partial charge on any atom is -0.315 e. The first-order chi connectivity index (χ1) is 8.50. The number of rotatable bonds is 3. The van der Waals surface area contributed by atoms with Crippen LogP contribution in [-0.4, -0.2) is 27.5 Å². The molecule has 0 bridgehead atoms. The summed E-state index contributed by atoms with van der Waals surface area (Å²) >= 11 is 11.8. The van der Waals surface area contributed by atoms with Crippen molar-refractivity contribution < 1.29 is 8.42 Å². The summed E-state index contributed by atoms with van der Waals surface area (Å²) < 4.78 is 27.1. The lowest BCUT2D eigenvalue weighted by atomic mass is 10.1. The number of nitrogens with one attached hydrogen (secondary N) is 2. The molecule has 1 aliphatic rings. The quantitative estimate of drug-likeness (QED) is 0.898. The van der Waals surface area contributed by atoms with Gasteiger partial charge in [0.1, 0.15) is 4.90 Å². The van der Waals surface area contributed by atoms with E-state index >= 15 is 0 Å². The SMILES string of the molecule is O=S(=O)(N[C@@H]1CCCNC1)c1c(Cl)cccc1Cl. The highest BCUT2D eigenvalue weighted by Gasteiger charge is 2.25. The Balaban J connectivity index is 2.25. The van der Waals surface area contributed by atoms with Crippen LogP contribution in [-0.2, 0) is 10.0 Å². The second-order valence-corrected chi connectivity index (χ2v) is 6.68. The fourth-order valence-corrected chi connectivity index (χ4v) is 4.38. The van der Waals surface area contributed by atoms with Gasteiger partial charge >= 0.3 is 0 Å². The van der Waals surface area contributed by atoms with Crippen molar-refractivity contribution in [1.82, 2.24) is 10.0 Å². The van der Waals surface area contributed by atoms with Crippen LogP contribution >= 0.6 is 23.2 Å². The monoisotopic (exact) mass is 308 g/mol. The van der Waals surface area contributed by atoms with Crippen LogP contribution in [0, 0.1) is 0 Å². The normalized spacial score (nSPS) is 20.9. The second-order valence-electron chi connectivity index (χ2n) is 4.22. The van der Waals surface area contributed by atoms with Gasteiger partial charge in [0.25, 0.3) is 0 Å². The number of sulfonamides is 1. The van der Waals surface area contributed by atoms with Gasteiger partial charge in [-0.25, -0.2) is 13.1 Å². The number of benzene rings is 1. The van der Waals surface area contributed by atoms with E-state index in [-0.39, 0.29) is 21.0 Å². The van der Waals surface area contributed by atoms with E-state index < -0.39 is 10.0 Å². The summed E-state index contributed by atoms with van der Waals surface area (Å²) in [6, 6.07) is 4.53. The van der Waals surface area contributed by atoms with Gasteiger partial charge in [-0.2, -0.15) is 0 Å². The molecular weight excluding hydrogens is 295 g/mol. The molecule has 0 aromatic heterocycles. The fourth-order valence-electron chi connectivity index (χ4n) is 1.97. The van der Waals surface area contributed by atoms with E-state index in [1.54, 1.807) is 6.07 Å². The molecule has 0 spiro atoms. The molecule has 1 atom stereocenters. The smallest absolute Gasteiger partial charge is 0.243 e. The van der Waals surface area contributed by atoms with E-state index in [1.165, 1.54) is 12.1 Å². The van der Waals surface area contributed by atoms with Gasteiger partial charge in [0.2, 0.25) is 10.0 Å². The van der Waals surface area contributed by atoms with Gasteiger partial charge in [-0.3, -0.25) is 0 Å². The Bertz CT molecular complexity index is 508. The van der Waals surface area contributed by atoms with Crippen LogP contribution in [0.1, 0.15) is 12.8 Å². The summed E-state index contributed by atoms with van der Waals surface area (Å²) in [7, 11) is -3.68. The maximum atomic E-state index is 12.2. The van der Waals surface area contributed by atoms with Gasteiger partial charge in [-0.15, -0.1) is 0 Å². The Morgan fingerprint density at radius 2 is 1.94 bits per heavy atom. The molecule has 100 valence electrons. The molecule has 1 saturated heterocycles. The van der Waals surface area contributed by atoms with Gasteiger partial charge in [0, 0.05) is 12.6 Å². The molecule has 2 N–H and O–H groups in total. The summed E-state index contributed by atoms with van der Waals surface area (Å²) in [5.74, 6) is 0. The molecule has 18 heavy (non-hydrogen) atoms. The van der Waals surface area contributed by atoms with Gasteiger partial charge in [0.05, 0.1) is 10.0 Å². The van der Waals surface area contributed by atoms with Gasteiger partial charge in [0.15, 0.2) is 0 Å². The summed E-state index contributed by atoms with van der Waals surface area (Å²) in [5, 5.41) is 3.42. The van der Waals surface area contributed by atoms with Crippen molar-refractivity contribution in [2.75, 3.05) is 13.1 Å². The van der Waals surface area contributed by atoms with E-state index in [4.69, 9.17) is 23.2 Å². The third-order valence-corrected chi connectivity index (χ3v) is 5.28. The summed E-state index contributed by atoms with van der Waals surface area (Å²) in [5.41, 5.74) is 0. The van der Waals surface area contributed by atoms with Crippen molar-refractivity contribution in [3.8, 4) is 0 Å². The Hall–Kier alpha value is -0.330. The van der Waals surface area contributed by atoms with Crippen LogP contribution in [0.2, 0.25) is 10.0 Å². The highest BCUT2D eigenvalue weighted by atomic mass is 35.5. The number of hydrogen-bond acceptors (Lipinski definition) is 3. The van der Waals surface area contributed by atoms with Crippen molar-refractivity contribution in [3.63, 3.8) is 0 Å². The average molecular weight is 309 g/mol. The van der Waals surface area contributed by atoms with E-state index in [2.05, 4.69) is 10.0 Å². The molecule has 1 heterocycles. The molecule has 0 unspecified atom stereocenters. The molecule has 1 aliphatic heterocycles. The van der Waals surface area contributed by atoms with Crippen molar-refractivity contribution >= 4 is 33.2 Å². The lowest BCUT2D eigenvalue weighted by Gasteiger charge is -2.24. The van der Waals surface area contributed by atoms with Gasteiger partial charge in [-0.05, 0) is 31.5 Å². The Kier molecular flexibility index (Phi) is 4.50. The molecule has 1 aromatic carbocycles. The third kappa shape index (κ3) is 3.16. The topological polar surface area (TPSA) is 58.2 Å². The van der Waals surface area contributed by atoms with Crippen LogP contribution < -0.4 is 10.0 Å². The molecule has 0 aliphatic carbocycles. The Morgan fingerprint density at radius 1 is 1.28 bits per heavy atom. The van der Waals surface area contributed by atoms with Crippen molar-refractivity contribution in [2.24, 2.45) is 0 Å². The van der Waals surface area contributed by atoms with Crippen LogP contribution in [0.4, 0.5) is 0 Å². The maximum absolute atomic E-state index is 12.2. The second kappa shape index (κ2) is 5.75. The van der Waals surface area contributed by atoms with Gasteiger partial charge in [-0.1, -0.05) is 29.3 Å². The molecule has 0 radical (unpaired) electrons. The highest BCUT2D eigenvalue weighted by Crippen LogP contribution is 2.29. The van der Waals surface area contributed by atoms with Crippen LogP contribution in [0.25, 0.3) is 0 Å². The first-order valence-electron chi connectivity index (χ1n) is 5.68. The van der Waals surface area contributed by atoms with Crippen molar-refractivity contribution in [3.05, 3.63) is 28.2 Å². The minimum absolute atomic E-state index is 0.0427. The lowest BCUT2D eigenvalue weighted by Crippen LogP contribution is -2.45. The van der Waals surface area contributed by atoms with Crippen molar-refractivity contribution in [2.45, 2.75) is 23.8 Å². The molecule has 0 saturated carbocycles. The van der Waals surface area contributed by atoms with Crippen LogP contribution in [0.15, 0.2) is 23.1 Å². The summed E-state index contributed by atoms with van der Waals surface area (Å²) in [6.07, 6.45) is 1.76. The number of halogens is 2. The fraction of sp³-hybridized carbons (Fsp3) is 0.455. The molecule has 2 rings (SSSR count). The molecule has 1 fully saturated rings. The lowest BCUT2D eigenvalue weighted by molar-refractivity contribution is 0.428. The van der Waals surface area contributed by atoms with Crippen molar-refractivity contribution in [1.29, 1.82) is 0 Å². The first kappa shape index (κ1) is 14.1. The van der Waals surface area contributed by atoms with E-state index in [0.29, 0.717) is 6.54 Å². The molecule has 7 heteroatoms. The third-order valence-electron chi connectivity index (χ3n) is 2.81. The zero-order valence-corrected chi connectivity index (χ0v) is 11.9. The zero-order chi connectivity index (χ0) is 13.2. The van der Waals surface area contributed by atoms with E-state index in [9.17, 15) is 8.42 Å². The zero-order valence-electron chi connectivity index (χ0n) is 9.62. The number of piperidine rings is 1. The minimum atomic E-state index is -3.68. The Morgan fingerprint density at radius 3 is 2.50 bits per heavy atom. The Labute approximate surface area is 117 Å². The number of hydrogen-bond donors (Lipinski definition) is 2. The van der Waals surface area contributed by atoms with Crippen LogP contribution in [0.5, 0.6) is 0 Å². The van der Waals surface area contributed by atoms with Crippen LogP contribution in [0.3, 0.4) is 0 Å². The highest BCUT2D eigenvalue weighted by molar-refractivity contribution is 7.89. The summed E-state index contributed by atoms with van der Waals surface area (Å²) in [6.45, 7) is 1.55. The van der Waals surface area contributed by atoms with Gasteiger partial charge < -0.3 is 5.32 Å².